The number of aromatic nitrogens is 2. The molecule has 1 aromatic heterocycles. The second-order valence-corrected chi connectivity index (χ2v) is 7.27. The molecule has 0 radical (unpaired) electrons. The number of benzene rings is 1. The maximum absolute atomic E-state index is 6.06. The van der Waals surface area contributed by atoms with Gasteiger partial charge in [-0.2, -0.15) is 0 Å². The van der Waals surface area contributed by atoms with Crippen molar-refractivity contribution in [1.29, 1.82) is 0 Å². The van der Waals surface area contributed by atoms with Crippen molar-refractivity contribution in [3.63, 3.8) is 0 Å². The molecule has 0 bridgehead atoms. The molecule has 1 aromatic carbocycles. The first-order chi connectivity index (χ1) is 12.1. The molecule has 0 spiro atoms. The summed E-state index contributed by atoms with van der Waals surface area (Å²) in [6.45, 7) is 10.3. The highest BCUT2D eigenvalue weighted by atomic mass is 35.5. The highest BCUT2D eigenvalue weighted by Gasteiger charge is 2.26. The normalized spacial score (nSPS) is 13.8. The van der Waals surface area contributed by atoms with Crippen LogP contribution in [0.15, 0.2) is 36.8 Å². The van der Waals surface area contributed by atoms with Gasteiger partial charge in [0.15, 0.2) is 0 Å². The Balaban J connectivity index is 2.06. The second kappa shape index (κ2) is 9.95. The van der Waals surface area contributed by atoms with Crippen LogP contribution in [0.1, 0.15) is 51.3 Å². The Labute approximate surface area is 157 Å². The largest absolute Gasteiger partial charge is 0.335 e. The summed E-state index contributed by atoms with van der Waals surface area (Å²) in [4.78, 5) is 4.54. The lowest BCUT2D eigenvalue weighted by Crippen LogP contribution is -2.43. The number of rotatable bonds is 11. The summed E-state index contributed by atoms with van der Waals surface area (Å²) < 4.78 is 2.17. The van der Waals surface area contributed by atoms with Crippen LogP contribution in [-0.4, -0.2) is 22.6 Å². The number of hydrogen-bond donors (Lipinski definition) is 2. The van der Waals surface area contributed by atoms with E-state index < -0.39 is 0 Å². The van der Waals surface area contributed by atoms with Crippen molar-refractivity contribution < 1.29 is 0 Å². The predicted octanol–water partition coefficient (Wildman–Crippen LogP) is 4.34. The van der Waals surface area contributed by atoms with Crippen LogP contribution in [0.2, 0.25) is 5.02 Å². The minimum atomic E-state index is -0.159. The summed E-state index contributed by atoms with van der Waals surface area (Å²) in [6.07, 6.45) is 7.58. The van der Waals surface area contributed by atoms with E-state index in [1.165, 1.54) is 18.4 Å². The zero-order valence-corrected chi connectivity index (χ0v) is 16.4. The third-order valence-corrected chi connectivity index (χ3v) is 4.70. The monoisotopic (exact) mass is 362 g/mol. The molecule has 2 N–H and O–H groups in total. The first-order valence-corrected chi connectivity index (χ1v) is 9.67. The Morgan fingerprint density at radius 3 is 2.56 bits per heavy atom. The quantitative estimate of drug-likeness (QED) is 0.584. The van der Waals surface area contributed by atoms with Gasteiger partial charge in [-0.3, -0.25) is 0 Å². The van der Waals surface area contributed by atoms with Crippen LogP contribution in [0.25, 0.3) is 0 Å². The molecular weight excluding hydrogens is 332 g/mol. The fraction of sp³-hybridized carbons (Fsp3) is 0.550. The number of hydrogen-bond acceptors (Lipinski definition) is 3. The van der Waals surface area contributed by atoms with E-state index in [2.05, 4.69) is 59.3 Å². The van der Waals surface area contributed by atoms with Crippen molar-refractivity contribution in [2.45, 2.75) is 58.7 Å². The van der Waals surface area contributed by atoms with Crippen LogP contribution in [0, 0.1) is 0 Å². The topological polar surface area (TPSA) is 41.9 Å². The molecule has 0 aliphatic carbocycles. The molecule has 0 amide bonds. The third kappa shape index (κ3) is 6.14. The average Bonchev–Trinajstić information content (AvgIpc) is 3.04. The predicted molar refractivity (Wildman–Crippen MR) is 106 cm³/mol. The Morgan fingerprint density at radius 1 is 1.12 bits per heavy atom. The molecule has 138 valence electrons. The SMILES string of the molecule is CCCCNCc1cn(CC(C)(NCCC)c2ccc(Cl)cc2)cn1. The first-order valence-electron chi connectivity index (χ1n) is 9.30. The van der Waals surface area contributed by atoms with Crippen molar-refractivity contribution >= 4 is 11.6 Å². The van der Waals surface area contributed by atoms with Crippen LogP contribution in [0.3, 0.4) is 0 Å². The van der Waals surface area contributed by atoms with Crippen molar-refractivity contribution in [1.82, 2.24) is 20.2 Å². The Bertz CT molecular complexity index is 623. The molecule has 1 unspecified atom stereocenters. The average molecular weight is 363 g/mol. The summed E-state index contributed by atoms with van der Waals surface area (Å²) in [5.74, 6) is 0. The van der Waals surface area contributed by atoms with Crippen LogP contribution in [0.4, 0.5) is 0 Å². The van der Waals surface area contributed by atoms with Crippen molar-refractivity contribution in [2.24, 2.45) is 0 Å². The molecular formula is C20H31ClN4. The molecule has 0 aliphatic heterocycles. The molecule has 2 rings (SSSR count). The van der Waals surface area contributed by atoms with Gasteiger partial charge < -0.3 is 15.2 Å². The second-order valence-electron chi connectivity index (χ2n) is 6.83. The molecule has 0 saturated heterocycles. The Hall–Kier alpha value is -1.36. The fourth-order valence-electron chi connectivity index (χ4n) is 2.94. The zero-order chi connectivity index (χ0) is 18.1. The van der Waals surface area contributed by atoms with E-state index in [4.69, 9.17) is 11.6 Å². The fourth-order valence-corrected chi connectivity index (χ4v) is 3.06. The highest BCUT2D eigenvalue weighted by molar-refractivity contribution is 6.30. The maximum Gasteiger partial charge on any atom is 0.0950 e. The van der Waals surface area contributed by atoms with Crippen LogP contribution in [-0.2, 0) is 18.6 Å². The van der Waals surface area contributed by atoms with Gasteiger partial charge in [-0.05, 0) is 50.6 Å². The molecule has 1 atom stereocenters. The van der Waals surface area contributed by atoms with E-state index in [9.17, 15) is 0 Å². The summed E-state index contributed by atoms with van der Waals surface area (Å²) >= 11 is 6.06. The lowest BCUT2D eigenvalue weighted by atomic mass is 9.91. The van der Waals surface area contributed by atoms with E-state index in [-0.39, 0.29) is 5.54 Å². The molecule has 5 heteroatoms. The van der Waals surface area contributed by atoms with Gasteiger partial charge in [0.1, 0.15) is 0 Å². The molecule has 4 nitrogen and oxygen atoms in total. The number of nitrogens with zero attached hydrogens (tertiary/aromatic N) is 2. The maximum atomic E-state index is 6.06. The van der Waals surface area contributed by atoms with Crippen LogP contribution >= 0.6 is 11.6 Å². The van der Waals surface area contributed by atoms with Gasteiger partial charge in [0.25, 0.3) is 0 Å². The van der Waals surface area contributed by atoms with Gasteiger partial charge in [0.05, 0.1) is 17.6 Å². The van der Waals surface area contributed by atoms with Crippen molar-refractivity contribution in [3.05, 3.63) is 53.1 Å². The highest BCUT2D eigenvalue weighted by Crippen LogP contribution is 2.25. The molecule has 2 aromatic rings. The van der Waals surface area contributed by atoms with E-state index >= 15 is 0 Å². The number of unbranched alkanes of at least 4 members (excludes halogenated alkanes) is 1. The van der Waals surface area contributed by atoms with Gasteiger partial charge in [0.2, 0.25) is 0 Å². The lowest BCUT2D eigenvalue weighted by molar-refractivity contribution is 0.315. The number of halogens is 1. The standard InChI is InChI=1S/C20H31ClN4/c1-4-6-12-22-13-19-14-25(16-23-19)15-20(3,24-11-5-2)17-7-9-18(21)10-8-17/h7-10,14,16,22,24H,4-6,11-13,15H2,1-3H3. The smallest absolute Gasteiger partial charge is 0.0950 e. The van der Waals surface area contributed by atoms with Crippen molar-refractivity contribution in [3.8, 4) is 0 Å². The first kappa shape index (κ1) is 20.0. The summed E-state index contributed by atoms with van der Waals surface area (Å²) in [5.41, 5.74) is 2.17. The van der Waals surface area contributed by atoms with Gasteiger partial charge in [-0.15, -0.1) is 0 Å². The summed E-state index contributed by atoms with van der Waals surface area (Å²) in [7, 11) is 0. The lowest BCUT2D eigenvalue weighted by Gasteiger charge is -2.32. The van der Waals surface area contributed by atoms with Gasteiger partial charge in [0, 0.05) is 24.3 Å². The third-order valence-electron chi connectivity index (χ3n) is 4.45. The minimum Gasteiger partial charge on any atom is -0.335 e. The van der Waals surface area contributed by atoms with Crippen LogP contribution in [0.5, 0.6) is 0 Å². The molecule has 0 aliphatic rings. The zero-order valence-electron chi connectivity index (χ0n) is 15.7. The van der Waals surface area contributed by atoms with E-state index in [0.717, 1.165) is 43.3 Å². The van der Waals surface area contributed by atoms with Crippen LogP contribution < -0.4 is 10.6 Å². The summed E-state index contributed by atoms with van der Waals surface area (Å²) in [5, 5.41) is 7.90. The van der Waals surface area contributed by atoms with Gasteiger partial charge in [-0.1, -0.05) is 44.0 Å². The number of imidazole rings is 1. The Morgan fingerprint density at radius 2 is 1.88 bits per heavy atom. The molecule has 0 fully saturated rings. The van der Waals surface area contributed by atoms with Crippen molar-refractivity contribution in [2.75, 3.05) is 13.1 Å². The molecule has 1 heterocycles. The summed E-state index contributed by atoms with van der Waals surface area (Å²) in [6, 6.07) is 8.13. The molecule has 0 saturated carbocycles. The molecule has 25 heavy (non-hydrogen) atoms. The van der Waals surface area contributed by atoms with Gasteiger partial charge in [-0.25, -0.2) is 4.98 Å². The van der Waals surface area contributed by atoms with Gasteiger partial charge >= 0.3 is 0 Å². The minimum absolute atomic E-state index is 0.159. The Kier molecular flexibility index (Phi) is 7.94. The van der Waals surface area contributed by atoms with E-state index in [1.54, 1.807) is 0 Å². The van der Waals surface area contributed by atoms with E-state index in [0.29, 0.717) is 0 Å². The van der Waals surface area contributed by atoms with E-state index in [1.807, 2.05) is 18.5 Å². The number of nitrogens with one attached hydrogen (secondary N) is 2.